The zero-order valence-electron chi connectivity index (χ0n) is 17.7. The average molecular weight is 448 g/mol. The second kappa shape index (κ2) is 11.1. The van der Waals surface area contributed by atoms with Crippen molar-refractivity contribution in [2.45, 2.75) is 19.3 Å². The fourth-order valence-electron chi connectivity index (χ4n) is 3.37. The van der Waals surface area contributed by atoms with Crippen molar-refractivity contribution in [2.75, 3.05) is 50.5 Å². The second-order valence-electron chi connectivity index (χ2n) is 7.30. The number of benzene rings is 1. The topological polar surface area (TPSA) is 105 Å². The number of carbonyl (C=O) groups is 1. The van der Waals surface area contributed by atoms with Gasteiger partial charge in [-0.05, 0) is 36.6 Å². The number of aryl methyl sites for hydroxylation is 1. The lowest BCUT2D eigenvalue weighted by molar-refractivity contribution is -0.121. The fourth-order valence-corrected chi connectivity index (χ4v) is 4.86. The Morgan fingerprint density at radius 3 is 2.42 bits per heavy atom. The molecule has 1 fully saturated rings. The van der Waals surface area contributed by atoms with E-state index in [0.717, 1.165) is 11.3 Å². The summed E-state index contributed by atoms with van der Waals surface area (Å²) in [7, 11) is -1.73. The van der Waals surface area contributed by atoms with Gasteiger partial charge in [-0.2, -0.15) is 4.31 Å². The molecule has 3 rings (SSSR count). The highest BCUT2D eigenvalue weighted by molar-refractivity contribution is 7.89. The van der Waals surface area contributed by atoms with Crippen LogP contribution in [0.3, 0.4) is 0 Å². The Hall–Kier alpha value is -2.72. The molecule has 0 atom stereocenters. The van der Waals surface area contributed by atoms with Crippen molar-refractivity contribution in [1.82, 2.24) is 19.6 Å². The molecule has 2 heterocycles. The molecule has 0 saturated carbocycles. The predicted octanol–water partition coefficient (Wildman–Crippen LogP) is 1.08. The van der Waals surface area contributed by atoms with Crippen LogP contribution in [0, 0.1) is 0 Å². The fraction of sp³-hybridized carbons (Fsp3) is 0.476. The van der Waals surface area contributed by atoms with Crippen LogP contribution >= 0.6 is 0 Å². The molecule has 1 saturated heterocycles. The first-order valence-electron chi connectivity index (χ1n) is 10.4. The summed E-state index contributed by atoms with van der Waals surface area (Å²) in [5.41, 5.74) is 1.05. The maximum Gasteiger partial charge on any atom is 0.225 e. The first-order valence-corrected chi connectivity index (χ1v) is 12.0. The summed E-state index contributed by atoms with van der Waals surface area (Å²) < 4.78 is 31.8. The zero-order chi connectivity index (χ0) is 22.1. The van der Waals surface area contributed by atoms with Gasteiger partial charge in [-0.3, -0.25) is 4.79 Å². The van der Waals surface area contributed by atoms with Crippen molar-refractivity contribution in [3.8, 4) is 5.75 Å². The Morgan fingerprint density at radius 2 is 1.77 bits per heavy atom. The number of carbonyl (C=O) groups excluding carboxylic acids is 1. The van der Waals surface area contributed by atoms with Gasteiger partial charge in [-0.1, -0.05) is 12.1 Å². The Labute approximate surface area is 183 Å². The van der Waals surface area contributed by atoms with Crippen molar-refractivity contribution in [3.05, 3.63) is 48.3 Å². The quantitative estimate of drug-likeness (QED) is 0.543. The van der Waals surface area contributed by atoms with Gasteiger partial charge >= 0.3 is 0 Å². The molecule has 0 radical (unpaired) electrons. The van der Waals surface area contributed by atoms with Gasteiger partial charge in [0.1, 0.15) is 5.75 Å². The number of hydrogen-bond acceptors (Lipinski definition) is 7. The molecule has 1 aliphatic heterocycles. The molecule has 1 amide bonds. The summed E-state index contributed by atoms with van der Waals surface area (Å²) in [6.45, 7) is 2.29. The lowest BCUT2D eigenvalue weighted by Crippen LogP contribution is -2.49. The Morgan fingerprint density at radius 1 is 1.10 bits per heavy atom. The second-order valence-corrected chi connectivity index (χ2v) is 9.39. The van der Waals surface area contributed by atoms with E-state index in [1.54, 1.807) is 25.6 Å². The van der Waals surface area contributed by atoms with E-state index in [1.807, 2.05) is 29.2 Å². The number of piperazine rings is 1. The highest BCUT2D eigenvalue weighted by atomic mass is 32.2. The number of nitrogens with one attached hydrogen (secondary N) is 1. The molecule has 9 nitrogen and oxygen atoms in total. The lowest BCUT2D eigenvalue weighted by Gasteiger charge is -2.33. The first-order chi connectivity index (χ1) is 15.0. The largest absolute Gasteiger partial charge is 0.497 e. The SMILES string of the molecule is COc1ccc(CCC(=O)NCCCS(=O)(=O)N2CCN(c3ncccn3)CC2)cc1. The molecule has 1 aromatic carbocycles. The van der Waals surface area contributed by atoms with E-state index < -0.39 is 10.0 Å². The van der Waals surface area contributed by atoms with Crippen molar-refractivity contribution in [3.63, 3.8) is 0 Å². The molecule has 0 spiro atoms. The molecule has 168 valence electrons. The number of ether oxygens (including phenoxy) is 1. The minimum atomic E-state index is -3.35. The van der Waals surface area contributed by atoms with Gasteiger partial charge < -0.3 is 15.0 Å². The number of anilines is 1. The monoisotopic (exact) mass is 447 g/mol. The number of methoxy groups -OCH3 is 1. The predicted molar refractivity (Wildman–Crippen MR) is 119 cm³/mol. The average Bonchev–Trinajstić information content (AvgIpc) is 2.81. The molecule has 1 aliphatic rings. The van der Waals surface area contributed by atoms with E-state index in [-0.39, 0.29) is 11.7 Å². The molecule has 0 aliphatic carbocycles. The van der Waals surface area contributed by atoms with E-state index in [1.165, 1.54) is 4.31 Å². The van der Waals surface area contributed by atoms with E-state index in [2.05, 4.69) is 15.3 Å². The van der Waals surface area contributed by atoms with Gasteiger partial charge in [0.2, 0.25) is 21.9 Å². The van der Waals surface area contributed by atoms with E-state index in [9.17, 15) is 13.2 Å². The Kier molecular flexibility index (Phi) is 8.19. The molecule has 1 N–H and O–H groups in total. The maximum atomic E-state index is 12.6. The minimum absolute atomic E-state index is 0.0214. The third-order valence-corrected chi connectivity index (χ3v) is 7.12. The van der Waals surface area contributed by atoms with Crippen LogP contribution in [-0.2, 0) is 21.2 Å². The molecular formula is C21H29N5O4S. The van der Waals surface area contributed by atoms with Crippen molar-refractivity contribution in [2.24, 2.45) is 0 Å². The minimum Gasteiger partial charge on any atom is -0.497 e. The van der Waals surface area contributed by atoms with Gasteiger partial charge in [0.15, 0.2) is 0 Å². The van der Waals surface area contributed by atoms with Crippen LogP contribution in [0.1, 0.15) is 18.4 Å². The Balaban J connectivity index is 1.33. The lowest BCUT2D eigenvalue weighted by atomic mass is 10.1. The number of rotatable bonds is 10. The van der Waals surface area contributed by atoms with Gasteiger partial charge in [-0.15, -0.1) is 0 Å². The zero-order valence-corrected chi connectivity index (χ0v) is 18.6. The van der Waals surface area contributed by atoms with Crippen LogP contribution in [0.25, 0.3) is 0 Å². The van der Waals surface area contributed by atoms with Crippen LogP contribution in [0.2, 0.25) is 0 Å². The highest BCUT2D eigenvalue weighted by Gasteiger charge is 2.27. The van der Waals surface area contributed by atoms with Crippen molar-refractivity contribution >= 4 is 21.9 Å². The Bertz CT molecular complexity index is 930. The number of nitrogens with zero attached hydrogens (tertiary/aromatic N) is 4. The standard InChI is InChI=1S/C21H29N5O4S/c1-30-19-7-4-18(5-8-19)6-9-20(27)22-12-3-17-31(28,29)26-15-13-25(14-16-26)21-23-10-2-11-24-21/h2,4-5,7-8,10-11H,3,6,9,12-17H2,1H3,(H,22,27). The van der Waals surface area contributed by atoms with Crippen LogP contribution in [-0.4, -0.2) is 74.2 Å². The molecule has 31 heavy (non-hydrogen) atoms. The number of amides is 1. The first kappa shape index (κ1) is 23.0. The van der Waals surface area contributed by atoms with Gasteiger partial charge in [0.05, 0.1) is 12.9 Å². The molecular weight excluding hydrogens is 418 g/mol. The normalized spacial score (nSPS) is 14.9. The van der Waals surface area contributed by atoms with E-state index >= 15 is 0 Å². The number of hydrogen-bond donors (Lipinski definition) is 1. The van der Waals surface area contributed by atoms with Crippen LogP contribution in [0.5, 0.6) is 5.75 Å². The van der Waals surface area contributed by atoms with Crippen molar-refractivity contribution in [1.29, 1.82) is 0 Å². The van der Waals surface area contributed by atoms with Gasteiger partial charge in [-0.25, -0.2) is 18.4 Å². The summed E-state index contributed by atoms with van der Waals surface area (Å²) in [4.78, 5) is 22.4. The van der Waals surface area contributed by atoms with Crippen molar-refractivity contribution < 1.29 is 17.9 Å². The summed E-state index contributed by atoms with van der Waals surface area (Å²) in [6.07, 6.45) is 4.73. The highest BCUT2D eigenvalue weighted by Crippen LogP contribution is 2.14. The molecule has 10 heteroatoms. The van der Waals surface area contributed by atoms with E-state index in [4.69, 9.17) is 4.74 Å². The third kappa shape index (κ3) is 6.90. The molecule has 1 aromatic heterocycles. The smallest absolute Gasteiger partial charge is 0.225 e. The maximum absolute atomic E-state index is 12.6. The van der Waals surface area contributed by atoms with Crippen LogP contribution < -0.4 is 15.0 Å². The number of sulfonamides is 1. The number of aromatic nitrogens is 2. The third-order valence-electron chi connectivity index (χ3n) is 5.17. The van der Waals surface area contributed by atoms with Gasteiger partial charge in [0.25, 0.3) is 0 Å². The van der Waals surface area contributed by atoms with Gasteiger partial charge in [0, 0.05) is 51.5 Å². The summed E-state index contributed by atoms with van der Waals surface area (Å²) >= 11 is 0. The van der Waals surface area contributed by atoms with E-state index in [0.29, 0.717) is 57.9 Å². The summed E-state index contributed by atoms with van der Waals surface area (Å²) in [5, 5.41) is 2.81. The molecule has 0 bridgehead atoms. The summed E-state index contributed by atoms with van der Waals surface area (Å²) in [5.74, 6) is 1.35. The molecule has 2 aromatic rings. The van der Waals surface area contributed by atoms with Crippen LogP contribution in [0.15, 0.2) is 42.7 Å². The summed E-state index contributed by atoms with van der Waals surface area (Å²) in [6, 6.07) is 9.35. The van der Waals surface area contributed by atoms with Crippen LogP contribution in [0.4, 0.5) is 5.95 Å². The molecule has 0 unspecified atom stereocenters.